The van der Waals surface area contributed by atoms with Crippen molar-refractivity contribution in [2.24, 2.45) is 0 Å². The molecule has 1 aliphatic heterocycles. The average Bonchev–Trinajstić information content (AvgIpc) is 3.32. The normalized spacial score (nSPS) is 14.3. The van der Waals surface area contributed by atoms with Crippen molar-refractivity contribution in [3.63, 3.8) is 0 Å². The standard InChI is InChI=1S/C23H28N8O4/c1-14(13-32)31-20(27-28-29-31)17-6-5-7-19(25-17)26-21(33)18-10-16-12-30(9-8-15(16)11-24-18)22(34)35-23(2,3)4/h5-7,10-11,14,32H,8-9,12-13H2,1-4H3,(H,25,26,33)/t14-/m1/s1. The number of tetrazole rings is 1. The van der Waals surface area contributed by atoms with Crippen molar-refractivity contribution in [2.45, 2.75) is 52.3 Å². The molecule has 12 nitrogen and oxygen atoms in total. The van der Waals surface area contributed by atoms with E-state index in [4.69, 9.17) is 4.74 Å². The lowest BCUT2D eigenvalue weighted by molar-refractivity contribution is 0.0224. The van der Waals surface area contributed by atoms with Crippen molar-refractivity contribution in [3.8, 4) is 11.5 Å². The summed E-state index contributed by atoms with van der Waals surface area (Å²) in [5.74, 6) is 0.237. The molecule has 3 aromatic rings. The Morgan fingerprint density at radius 2 is 2.06 bits per heavy atom. The minimum absolute atomic E-state index is 0.135. The van der Waals surface area contributed by atoms with Crippen molar-refractivity contribution in [1.29, 1.82) is 0 Å². The summed E-state index contributed by atoms with van der Waals surface area (Å²) in [6, 6.07) is 6.44. The molecular weight excluding hydrogens is 452 g/mol. The smallest absolute Gasteiger partial charge is 0.410 e. The number of nitrogens with one attached hydrogen (secondary N) is 1. The van der Waals surface area contributed by atoms with Crippen LogP contribution in [0.3, 0.4) is 0 Å². The van der Waals surface area contributed by atoms with Crippen molar-refractivity contribution in [3.05, 3.63) is 47.3 Å². The van der Waals surface area contributed by atoms with Crippen LogP contribution < -0.4 is 5.32 Å². The fraction of sp³-hybridized carbons (Fsp3) is 0.435. The zero-order valence-corrected chi connectivity index (χ0v) is 20.1. The summed E-state index contributed by atoms with van der Waals surface area (Å²) in [4.78, 5) is 35.8. The first kappa shape index (κ1) is 24.2. The zero-order valence-electron chi connectivity index (χ0n) is 20.1. The quantitative estimate of drug-likeness (QED) is 0.561. The van der Waals surface area contributed by atoms with Gasteiger partial charge in [-0.15, -0.1) is 5.10 Å². The van der Waals surface area contributed by atoms with Crippen LogP contribution in [0.15, 0.2) is 30.5 Å². The first-order valence-electron chi connectivity index (χ1n) is 11.3. The van der Waals surface area contributed by atoms with Gasteiger partial charge in [0.2, 0.25) is 5.82 Å². The Labute approximate surface area is 202 Å². The van der Waals surface area contributed by atoms with Gasteiger partial charge in [-0.25, -0.2) is 14.5 Å². The molecule has 0 saturated heterocycles. The number of amides is 2. The zero-order chi connectivity index (χ0) is 25.2. The lowest BCUT2D eigenvalue weighted by Crippen LogP contribution is -2.40. The Morgan fingerprint density at radius 3 is 2.80 bits per heavy atom. The number of hydrogen-bond acceptors (Lipinski definition) is 9. The van der Waals surface area contributed by atoms with E-state index in [9.17, 15) is 14.7 Å². The van der Waals surface area contributed by atoms with Crippen LogP contribution >= 0.6 is 0 Å². The van der Waals surface area contributed by atoms with Gasteiger partial charge in [0.15, 0.2) is 0 Å². The maximum atomic E-state index is 12.9. The fourth-order valence-corrected chi connectivity index (χ4v) is 3.59. The van der Waals surface area contributed by atoms with Gasteiger partial charge in [0, 0.05) is 19.3 Å². The number of anilines is 1. The lowest BCUT2D eigenvalue weighted by atomic mass is 10.0. The molecule has 0 spiro atoms. The molecule has 4 rings (SSSR count). The number of carbonyl (C=O) groups excluding carboxylic acids is 2. The van der Waals surface area contributed by atoms with Crippen LogP contribution in [-0.2, 0) is 17.7 Å². The van der Waals surface area contributed by atoms with E-state index < -0.39 is 11.5 Å². The Morgan fingerprint density at radius 1 is 1.26 bits per heavy atom. The van der Waals surface area contributed by atoms with E-state index in [-0.39, 0.29) is 24.4 Å². The van der Waals surface area contributed by atoms with Gasteiger partial charge in [-0.3, -0.25) is 9.78 Å². The van der Waals surface area contributed by atoms with Crippen LogP contribution in [0.1, 0.15) is 55.4 Å². The van der Waals surface area contributed by atoms with Crippen LogP contribution in [0.25, 0.3) is 11.5 Å². The Hall–Kier alpha value is -3.93. The number of aromatic nitrogens is 6. The first-order valence-corrected chi connectivity index (χ1v) is 11.3. The van der Waals surface area contributed by atoms with Gasteiger partial charge >= 0.3 is 6.09 Å². The maximum Gasteiger partial charge on any atom is 0.410 e. The van der Waals surface area contributed by atoms with Crippen molar-refractivity contribution in [1.82, 2.24) is 35.1 Å². The molecule has 0 aromatic carbocycles. The third-order valence-electron chi connectivity index (χ3n) is 5.37. The summed E-state index contributed by atoms with van der Waals surface area (Å²) < 4.78 is 6.94. The SMILES string of the molecule is C[C@H](CO)n1nnnc1-c1cccc(NC(=O)c2cc3c(cn2)CCN(C(=O)OC(C)(C)C)C3)n1. The predicted octanol–water partition coefficient (Wildman–Crippen LogP) is 2.23. The van der Waals surface area contributed by atoms with Crippen LogP contribution in [-0.4, -0.2) is 70.9 Å². The highest BCUT2D eigenvalue weighted by atomic mass is 16.6. The largest absolute Gasteiger partial charge is 0.444 e. The van der Waals surface area contributed by atoms with Gasteiger partial charge < -0.3 is 20.1 Å². The highest BCUT2D eigenvalue weighted by Crippen LogP contribution is 2.22. The van der Waals surface area contributed by atoms with E-state index in [1.165, 1.54) is 4.68 Å². The number of pyridine rings is 2. The molecule has 0 unspecified atom stereocenters. The van der Waals surface area contributed by atoms with E-state index in [0.717, 1.165) is 11.1 Å². The van der Waals surface area contributed by atoms with E-state index in [2.05, 4.69) is 30.8 Å². The van der Waals surface area contributed by atoms with Gasteiger partial charge in [-0.1, -0.05) is 6.07 Å². The van der Waals surface area contributed by atoms with Gasteiger partial charge in [0.05, 0.1) is 12.6 Å². The number of aliphatic hydroxyl groups is 1. The molecule has 12 heteroatoms. The highest BCUT2D eigenvalue weighted by molar-refractivity contribution is 6.02. The van der Waals surface area contributed by atoms with Crippen LogP contribution in [0.4, 0.5) is 10.6 Å². The predicted molar refractivity (Wildman–Crippen MR) is 125 cm³/mol. The molecule has 2 N–H and O–H groups in total. The molecule has 4 heterocycles. The summed E-state index contributed by atoms with van der Waals surface area (Å²) in [6.07, 6.45) is 1.92. The molecule has 0 fully saturated rings. The van der Waals surface area contributed by atoms with Crippen molar-refractivity contribution < 1.29 is 19.4 Å². The van der Waals surface area contributed by atoms with Gasteiger partial charge in [0.25, 0.3) is 5.91 Å². The number of hydrogen-bond donors (Lipinski definition) is 2. The number of rotatable bonds is 5. The minimum atomic E-state index is -0.582. The molecule has 0 saturated carbocycles. The summed E-state index contributed by atoms with van der Waals surface area (Å²) in [7, 11) is 0. The average molecular weight is 481 g/mol. The second-order valence-corrected chi connectivity index (χ2v) is 9.33. The third-order valence-corrected chi connectivity index (χ3v) is 5.37. The Balaban J connectivity index is 1.49. The Bertz CT molecular complexity index is 1240. The van der Waals surface area contributed by atoms with Crippen LogP contribution in [0.5, 0.6) is 0 Å². The number of carbonyl (C=O) groups is 2. The molecule has 0 bridgehead atoms. The maximum absolute atomic E-state index is 12.9. The topological polar surface area (TPSA) is 148 Å². The number of fused-ring (bicyclic) bond motifs is 1. The van der Waals surface area contributed by atoms with E-state index in [1.807, 2.05) is 20.8 Å². The van der Waals surface area contributed by atoms with Crippen molar-refractivity contribution in [2.75, 3.05) is 18.5 Å². The number of aliphatic hydroxyl groups excluding tert-OH is 1. The third kappa shape index (κ3) is 5.60. The summed E-state index contributed by atoms with van der Waals surface area (Å²) in [5.41, 5.74) is 1.91. The van der Waals surface area contributed by atoms with Crippen molar-refractivity contribution >= 4 is 17.8 Å². The molecule has 35 heavy (non-hydrogen) atoms. The fourth-order valence-electron chi connectivity index (χ4n) is 3.59. The molecule has 184 valence electrons. The number of nitrogens with zero attached hydrogens (tertiary/aromatic N) is 7. The number of ether oxygens (including phenoxy) is 1. The second kappa shape index (κ2) is 9.74. The van der Waals surface area contributed by atoms with Crippen LogP contribution in [0, 0.1) is 0 Å². The molecule has 0 radical (unpaired) electrons. The molecular formula is C23H28N8O4. The molecule has 0 aliphatic carbocycles. The summed E-state index contributed by atoms with van der Waals surface area (Å²) >= 11 is 0. The highest BCUT2D eigenvalue weighted by Gasteiger charge is 2.26. The van der Waals surface area contributed by atoms with Crippen LogP contribution in [0.2, 0.25) is 0 Å². The molecule has 3 aromatic heterocycles. The lowest BCUT2D eigenvalue weighted by Gasteiger charge is -2.31. The first-order chi connectivity index (χ1) is 16.6. The van der Waals surface area contributed by atoms with E-state index in [0.29, 0.717) is 36.8 Å². The van der Waals surface area contributed by atoms with Gasteiger partial charge in [-0.2, -0.15) is 0 Å². The summed E-state index contributed by atoms with van der Waals surface area (Å²) in [5, 5.41) is 23.7. The Kier molecular flexibility index (Phi) is 6.74. The van der Waals surface area contributed by atoms with E-state index in [1.54, 1.807) is 42.3 Å². The van der Waals surface area contributed by atoms with Gasteiger partial charge in [0.1, 0.15) is 22.8 Å². The summed E-state index contributed by atoms with van der Waals surface area (Å²) in [6.45, 7) is 7.98. The molecule has 1 atom stereocenters. The monoisotopic (exact) mass is 480 g/mol. The molecule has 1 aliphatic rings. The van der Waals surface area contributed by atoms with E-state index >= 15 is 0 Å². The van der Waals surface area contributed by atoms with Gasteiger partial charge in [-0.05, 0) is 73.9 Å². The minimum Gasteiger partial charge on any atom is -0.444 e. The molecule has 2 amide bonds. The second-order valence-electron chi connectivity index (χ2n) is 9.33.